The maximum absolute atomic E-state index is 14.2. The molecule has 1 aliphatic rings. The highest BCUT2D eigenvalue weighted by atomic mass is 16.2. The Kier molecular flexibility index (Phi) is 5.30. The highest BCUT2D eigenvalue weighted by Gasteiger charge is 2.50. The Morgan fingerprint density at radius 1 is 0.750 bits per heavy atom. The fourth-order valence-electron chi connectivity index (χ4n) is 5.43. The maximum Gasteiger partial charge on any atom is 0.263 e. The number of aromatic nitrogens is 1. The topological polar surface area (TPSA) is 48.5 Å². The van der Waals surface area contributed by atoms with E-state index in [-0.39, 0.29) is 11.8 Å². The van der Waals surface area contributed by atoms with Crippen molar-refractivity contribution in [1.82, 2.24) is 4.98 Å². The number of amides is 1. The number of hydrogen-bond donors (Lipinski definition) is 1. The molecular formula is C32H27N3O. The minimum atomic E-state index is -0.924. The number of nitrogens with zero attached hydrogens (tertiary/aromatic N) is 2. The molecule has 0 saturated carbocycles. The SMILES string of the molecule is CC1=NN(c2ccccc2)C(=O)[C@@]1(C)c1c(C(c2ccccc2)c2ccccc2)[nH]c2ccccc12. The molecule has 4 nitrogen and oxygen atoms in total. The van der Waals surface area contributed by atoms with Gasteiger partial charge in [-0.05, 0) is 43.2 Å². The van der Waals surface area contributed by atoms with Gasteiger partial charge >= 0.3 is 0 Å². The number of hydrazone groups is 1. The lowest BCUT2D eigenvalue weighted by Gasteiger charge is -2.28. The van der Waals surface area contributed by atoms with E-state index in [1.54, 1.807) is 5.01 Å². The molecule has 0 aliphatic carbocycles. The molecule has 4 aromatic carbocycles. The zero-order valence-corrected chi connectivity index (χ0v) is 20.3. The van der Waals surface area contributed by atoms with Gasteiger partial charge in [-0.2, -0.15) is 10.1 Å². The van der Waals surface area contributed by atoms with Gasteiger partial charge in [-0.1, -0.05) is 97.1 Å². The van der Waals surface area contributed by atoms with Crippen LogP contribution < -0.4 is 5.01 Å². The summed E-state index contributed by atoms with van der Waals surface area (Å²) in [5, 5.41) is 7.39. The monoisotopic (exact) mass is 469 g/mol. The average molecular weight is 470 g/mol. The van der Waals surface area contributed by atoms with E-state index in [9.17, 15) is 4.79 Å². The van der Waals surface area contributed by atoms with Crippen molar-refractivity contribution >= 4 is 28.2 Å². The van der Waals surface area contributed by atoms with E-state index in [2.05, 4.69) is 65.6 Å². The van der Waals surface area contributed by atoms with Crippen molar-refractivity contribution in [3.63, 3.8) is 0 Å². The second-order valence-electron chi connectivity index (χ2n) is 9.48. The average Bonchev–Trinajstić information content (AvgIpc) is 3.42. The Hall–Kier alpha value is -4.44. The minimum Gasteiger partial charge on any atom is -0.357 e. The van der Waals surface area contributed by atoms with E-state index in [1.807, 2.05) is 68.4 Å². The van der Waals surface area contributed by atoms with E-state index >= 15 is 0 Å². The summed E-state index contributed by atoms with van der Waals surface area (Å²) in [6.07, 6.45) is 0. The first kappa shape index (κ1) is 22.1. The summed E-state index contributed by atoms with van der Waals surface area (Å²) in [6, 6.07) is 38.9. The van der Waals surface area contributed by atoms with Gasteiger partial charge < -0.3 is 4.98 Å². The molecule has 0 bridgehead atoms. The van der Waals surface area contributed by atoms with Crippen LogP contribution in [-0.4, -0.2) is 16.6 Å². The number of carbonyl (C=O) groups is 1. The summed E-state index contributed by atoms with van der Waals surface area (Å²) in [4.78, 5) is 18.0. The van der Waals surface area contributed by atoms with Gasteiger partial charge in [-0.15, -0.1) is 0 Å². The molecule has 0 radical (unpaired) electrons. The molecule has 1 aromatic heterocycles. The number of rotatable bonds is 5. The molecule has 0 fully saturated rings. The number of fused-ring (bicyclic) bond motifs is 1. The van der Waals surface area contributed by atoms with Gasteiger partial charge in [0.1, 0.15) is 5.41 Å². The standard InChI is InChI=1S/C32H27N3O/c1-22-32(2,31(36)35(34-22)25-18-10-5-11-19-25)29-26-20-12-13-21-27(26)33-30(29)28(23-14-6-3-7-15-23)24-16-8-4-9-17-24/h3-21,28,33H,1-2H3/t32-/m1/s1. The number of H-pyrrole nitrogens is 1. The lowest BCUT2D eigenvalue weighted by molar-refractivity contribution is -0.120. The van der Waals surface area contributed by atoms with Crippen LogP contribution in [0.3, 0.4) is 0 Å². The third kappa shape index (κ3) is 3.37. The van der Waals surface area contributed by atoms with Crippen LogP contribution in [0.1, 0.15) is 42.1 Å². The summed E-state index contributed by atoms with van der Waals surface area (Å²) in [7, 11) is 0. The third-order valence-electron chi connectivity index (χ3n) is 7.38. The first-order valence-electron chi connectivity index (χ1n) is 12.3. The minimum absolute atomic E-state index is 0.0444. The highest BCUT2D eigenvalue weighted by molar-refractivity contribution is 6.24. The van der Waals surface area contributed by atoms with E-state index in [0.29, 0.717) is 0 Å². The lowest BCUT2D eigenvalue weighted by Crippen LogP contribution is -2.41. The normalized spacial score (nSPS) is 17.7. The zero-order valence-electron chi connectivity index (χ0n) is 20.3. The van der Waals surface area contributed by atoms with Gasteiger partial charge in [0.05, 0.1) is 11.4 Å². The van der Waals surface area contributed by atoms with Crippen molar-refractivity contribution < 1.29 is 4.79 Å². The van der Waals surface area contributed by atoms with Gasteiger partial charge in [0.2, 0.25) is 0 Å². The molecule has 0 spiro atoms. The molecule has 1 aliphatic heterocycles. The van der Waals surface area contributed by atoms with Crippen molar-refractivity contribution in [3.8, 4) is 0 Å². The molecule has 5 aromatic rings. The molecule has 1 N–H and O–H groups in total. The molecular weight excluding hydrogens is 442 g/mol. The summed E-state index contributed by atoms with van der Waals surface area (Å²) >= 11 is 0. The van der Waals surface area contributed by atoms with E-state index in [0.717, 1.165) is 33.6 Å². The van der Waals surface area contributed by atoms with E-state index in [1.165, 1.54) is 11.1 Å². The van der Waals surface area contributed by atoms with Crippen molar-refractivity contribution in [2.75, 3.05) is 5.01 Å². The van der Waals surface area contributed by atoms with Crippen LogP contribution in [0.25, 0.3) is 10.9 Å². The number of para-hydroxylation sites is 2. The Morgan fingerprint density at radius 3 is 1.89 bits per heavy atom. The smallest absolute Gasteiger partial charge is 0.263 e. The summed E-state index contributed by atoms with van der Waals surface area (Å²) < 4.78 is 0. The van der Waals surface area contributed by atoms with Crippen molar-refractivity contribution in [3.05, 3.63) is 138 Å². The number of aromatic amines is 1. The maximum atomic E-state index is 14.2. The molecule has 0 unspecified atom stereocenters. The number of hydrogen-bond acceptors (Lipinski definition) is 2. The number of benzene rings is 4. The van der Waals surface area contributed by atoms with Crippen LogP contribution in [0.5, 0.6) is 0 Å². The summed E-state index contributed by atoms with van der Waals surface area (Å²) in [5.74, 6) is -0.116. The van der Waals surface area contributed by atoms with Gasteiger partial charge in [0.15, 0.2) is 0 Å². The molecule has 36 heavy (non-hydrogen) atoms. The fourth-order valence-corrected chi connectivity index (χ4v) is 5.43. The predicted octanol–water partition coefficient (Wildman–Crippen LogP) is 7.03. The largest absolute Gasteiger partial charge is 0.357 e. The molecule has 2 heterocycles. The van der Waals surface area contributed by atoms with Crippen LogP contribution in [0.15, 0.2) is 120 Å². The molecule has 4 heteroatoms. The van der Waals surface area contributed by atoms with Crippen LogP contribution in [0.2, 0.25) is 0 Å². The molecule has 1 amide bonds. The van der Waals surface area contributed by atoms with Gasteiger partial charge in [-0.25, -0.2) is 0 Å². The second-order valence-corrected chi connectivity index (χ2v) is 9.48. The Labute approximate surface area is 210 Å². The first-order chi connectivity index (χ1) is 17.6. The van der Waals surface area contributed by atoms with Crippen molar-refractivity contribution in [2.45, 2.75) is 25.2 Å². The zero-order chi connectivity index (χ0) is 24.7. The van der Waals surface area contributed by atoms with Gasteiger partial charge in [-0.3, -0.25) is 4.79 Å². The second kappa shape index (κ2) is 8.65. The third-order valence-corrected chi connectivity index (χ3v) is 7.38. The number of nitrogens with one attached hydrogen (secondary N) is 1. The molecule has 6 rings (SSSR count). The predicted molar refractivity (Wildman–Crippen MR) is 147 cm³/mol. The number of carbonyl (C=O) groups excluding carboxylic acids is 1. The Balaban J connectivity index is 1.62. The van der Waals surface area contributed by atoms with E-state index in [4.69, 9.17) is 5.10 Å². The van der Waals surface area contributed by atoms with Gasteiger partial charge in [0, 0.05) is 28.1 Å². The molecule has 1 atom stereocenters. The Bertz CT molecular complexity index is 1530. The van der Waals surface area contributed by atoms with Gasteiger partial charge in [0.25, 0.3) is 5.91 Å². The van der Waals surface area contributed by atoms with Crippen LogP contribution in [-0.2, 0) is 10.2 Å². The summed E-state index contributed by atoms with van der Waals surface area (Å²) in [5.41, 5.74) is 5.98. The van der Waals surface area contributed by atoms with Crippen molar-refractivity contribution in [2.24, 2.45) is 5.10 Å². The van der Waals surface area contributed by atoms with E-state index < -0.39 is 5.41 Å². The molecule has 176 valence electrons. The number of anilines is 1. The quantitative estimate of drug-likeness (QED) is 0.295. The lowest BCUT2D eigenvalue weighted by atomic mass is 9.73. The van der Waals surface area contributed by atoms with Crippen LogP contribution in [0, 0.1) is 0 Å². The van der Waals surface area contributed by atoms with Crippen LogP contribution in [0.4, 0.5) is 5.69 Å². The Morgan fingerprint density at radius 2 is 1.28 bits per heavy atom. The highest BCUT2D eigenvalue weighted by Crippen LogP contribution is 2.45. The summed E-state index contributed by atoms with van der Waals surface area (Å²) in [6.45, 7) is 3.98. The fraction of sp³-hybridized carbons (Fsp3) is 0.125. The first-order valence-corrected chi connectivity index (χ1v) is 12.3. The van der Waals surface area contributed by atoms with Crippen LogP contribution >= 0.6 is 0 Å². The van der Waals surface area contributed by atoms with Crippen molar-refractivity contribution in [1.29, 1.82) is 0 Å². The molecule has 0 saturated heterocycles.